The summed E-state index contributed by atoms with van der Waals surface area (Å²) in [4.78, 5) is 29.6. The number of rotatable bonds is 12. The number of hydrogen-bond acceptors (Lipinski definition) is 6. The lowest BCUT2D eigenvalue weighted by Crippen LogP contribution is -2.00. The molecule has 524 valence electrons. The van der Waals surface area contributed by atoms with Gasteiger partial charge in [0, 0.05) is 99.2 Å². The number of para-hydroxylation sites is 6. The molecular formula is C102H66N10. The Kier molecular flexibility index (Phi) is 16.0. The second-order valence-corrected chi connectivity index (χ2v) is 28.2. The molecule has 0 fully saturated rings. The van der Waals surface area contributed by atoms with Crippen LogP contribution in [0.3, 0.4) is 0 Å². The van der Waals surface area contributed by atoms with Crippen LogP contribution in [0, 0.1) is 0 Å². The van der Waals surface area contributed by atoms with Crippen molar-refractivity contribution < 1.29 is 0 Å². The van der Waals surface area contributed by atoms with Gasteiger partial charge in [-0.3, -0.25) is 0 Å². The van der Waals surface area contributed by atoms with Gasteiger partial charge in [-0.25, -0.2) is 29.9 Å². The van der Waals surface area contributed by atoms with Crippen molar-refractivity contribution in [3.05, 3.63) is 400 Å². The lowest BCUT2D eigenvalue weighted by molar-refractivity contribution is 1.07. The van der Waals surface area contributed by atoms with Crippen molar-refractivity contribution >= 4 is 87.2 Å². The first-order chi connectivity index (χ1) is 55.5. The molecule has 0 saturated heterocycles. The van der Waals surface area contributed by atoms with Crippen molar-refractivity contribution in [3.63, 3.8) is 0 Å². The summed E-state index contributed by atoms with van der Waals surface area (Å²) in [6.45, 7) is 0. The van der Waals surface area contributed by atoms with Gasteiger partial charge in [0.25, 0.3) is 0 Å². The summed E-state index contributed by atoms with van der Waals surface area (Å²) in [5.41, 5.74) is 24.3. The van der Waals surface area contributed by atoms with Crippen LogP contribution in [0.25, 0.3) is 201 Å². The Morgan fingerprint density at radius 2 is 0.321 bits per heavy atom. The lowest BCUT2D eigenvalue weighted by atomic mass is 10.0. The molecule has 22 rings (SSSR count). The average molecular weight is 1430 g/mol. The molecule has 0 saturated carbocycles. The molecule has 0 aliphatic carbocycles. The Balaban J connectivity index is 0.000000141. The maximum atomic E-state index is 4.97. The van der Waals surface area contributed by atoms with Gasteiger partial charge in [0.05, 0.1) is 44.1 Å². The van der Waals surface area contributed by atoms with Crippen LogP contribution in [0.2, 0.25) is 0 Å². The molecule has 0 amide bonds. The Bertz CT molecular complexity index is 7200. The van der Waals surface area contributed by atoms with Crippen molar-refractivity contribution in [2.24, 2.45) is 0 Å². The van der Waals surface area contributed by atoms with Gasteiger partial charge in [-0.15, -0.1) is 0 Å². The summed E-state index contributed by atoms with van der Waals surface area (Å²) in [5, 5.41) is 9.84. The molecule has 0 radical (unpaired) electrons. The summed E-state index contributed by atoms with van der Waals surface area (Å²) in [7, 11) is 0. The first kappa shape index (κ1) is 65.1. The molecule has 0 aliphatic heterocycles. The molecule has 10 heteroatoms. The molecular weight excluding hydrogens is 1370 g/mol. The van der Waals surface area contributed by atoms with Gasteiger partial charge in [-0.05, 0) is 162 Å². The zero-order chi connectivity index (χ0) is 74.0. The van der Waals surface area contributed by atoms with Gasteiger partial charge in [-0.1, -0.05) is 261 Å². The Labute approximate surface area is 645 Å². The van der Waals surface area contributed by atoms with Crippen molar-refractivity contribution in [2.75, 3.05) is 0 Å². The van der Waals surface area contributed by atoms with Gasteiger partial charge < -0.3 is 18.3 Å². The molecule has 6 aromatic heterocycles. The molecule has 0 spiro atoms. The van der Waals surface area contributed by atoms with E-state index in [2.05, 4.69) is 297 Å². The second-order valence-electron chi connectivity index (χ2n) is 28.2. The lowest BCUT2D eigenvalue weighted by Gasteiger charge is -2.11. The number of aromatic nitrogens is 10. The summed E-state index contributed by atoms with van der Waals surface area (Å²) in [6.07, 6.45) is 0. The van der Waals surface area contributed by atoms with E-state index in [0.29, 0.717) is 34.9 Å². The third kappa shape index (κ3) is 11.5. The monoisotopic (exact) mass is 1430 g/mol. The standard InChI is InChI=1S/2C51H33N5/c1-4-14-34(15-5-1)49-52-50(35-16-6-2-7-17-35)54-51(53-49)36-24-28-40(29-25-36)56-45-22-12-10-20-41(45)43-30-26-38(33-48(43)56)37-27-31-47-44(32-37)42-21-11-13-23-46(42)55(47)39-18-8-3-9-19-39;1-4-14-34(15-5-1)49-52-50(35-16-6-2-7-17-35)54-51(53-49)36-24-28-40(29-25-36)56-46-23-13-11-21-42(46)44-33-38(27-31-48(44)56)37-26-30-47-43(32-37)41-20-10-12-22-45(41)55(47)39-18-8-3-9-19-39/h2*1-33H. The fraction of sp³-hybridized carbons (Fsp3) is 0. The normalized spacial score (nSPS) is 11.6. The first-order valence-electron chi connectivity index (χ1n) is 37.7. The van der Waals surface area contributed by atoms with Crippen LogP contribution >= 0.6 is 0 Å². The van der Waals surface area contributed by atoms with Gasteiger partial charge in [0.1, 0.15) is 0 Å². The maximum Gasteiger partial charge on any atom is 0.164 e. The highest BCUT2D eigenvalue weighted by atomic mass is 15.1. The van der Waals surface area contributed by atoms with E-state index in [1.807, 2.05) is 121 Å². The molecule has 16 aromatic carbocycles. The minimum absolute atomic E-state index is 0.637. The zero-order valence-corrected chi connectivity index (χ0v) is 60.6. The highest BCUT2D eigenvalue weighted by molar-refractivity contribution is 6.15. The molecule has 10 nitrogen and oxygen atoms in total. The predicted octanol–water partition coefficient (Wildman–Crippen LogP) is 25.5. The second kappa shape index (κ2) is 27.5. The van der Waals surface area contributed by atoms with E-state index >= 15 is 0 Å². The summed E-state index contributed by atoms with van der Waals surface area (Å²) < 4.78 is 9.45. The van der Waals surface area contributed by atoms with Crippen LogP contribution < -0.4 is 0 Å². The minimum Gasteiger partial charge on any atom is -0.309 e. The molecule has 0 aliphatic rings. The van der Waals surface area contributed by atoms with Gasteiger partial charge in [0.15, 0.2) is 34.9 Å². The molecule has 0 atom stereocenters. The summed E-state index contributed by atoms with van der Waals surface area (Å²) in [6, 6.07) is 141. The fourth-order valence-corrected chi connectivity index (χ4v) is 16.3. The average Bonchev–Trinajstić information content (AvgIpc) is 1.59. The highest BCUT2D eigenvalue weighted by Gasteiger charge is 2.22. The first-order valence-corrected chi connectivity index (χ1v) is 37.7. The maximum absolute atomic E-state index is 4.97. The van der Waals surface area contributed by atoms with E-state index in [1.165, 1.54) is 87.4 Å². The Morgan fingerprint density at radius 3 is 0.625 bits per heavy atom. The topological polar surface area (TPSA) is 97.1 Å². The Hall–Kier alpha value is -15.3. The Morgan fingerprint density at radius 1 is 0.125 bits per heavy atom. The molecule has 0 unspecified atom stereocenters. The van der Waals surface area contributed by atoms with Crippen LogP contribution in [0.5, 0.6) is 0 Å². The third-order valence-electron chi connectivity index (χ3n) is 21.6. The number of hydrogen-bond donors (Lipinski definition) is 0. The van der Waals surface area contributed by atoms with Crippen LogP contribution in [0.4, 0.5) is 0 Å². The van der Waals surface area contributed by atoms with Crippen LogP contribution in [-0.4, -0.2) is 48.2 Å². The zero-order valence-electron chi connectivity index (χ0n) is 60.6. The fourth-order valence-electron chi connectivity index (χ4n) is 16.3. The number of fused-ring (bicyclic) bond motifs is 12. The van der Waals surface area contributed by atoms with E-state index in [9.17, 15) is 0 Å². The van der Waals surface area contributed by atoms with E-state index in [1.54, 1.807) is 0 Å². The van der Waals surface area contributed by atoms with Gasteiger partial charge in [-0.2, -0.15) is 0 Å². The van der Waals surface area contributed by atoms with Crippen LogP contribution in [0.1, 0.15) is 0 Å². The largest absolute Gasteiger partial charge is 0.309 e. The molecule has 112 heavy (non-hydrogen) atoms. The highest BCUT2D eigenvalue weighted by Crippen LogP contribution is 2.42. The molecule has 0 bridgehead atoms. The SMILES string of the molecule is c1ccc(-c2nc(-c3ccccc3)nc(-c3ccc(-n4c5ccccc5c5cc(-c6ccc7c(c6)c6ccccc6n7-c6ccccc6)ccc54)cc3)n2)cc1.c1ccc(-c2nc(-c3ccccc3)nc(-c3ccc(-n4c5ccccc5c5ccc(-c6ccc7c(c6)c6ccccc6n7-c6ccccc6)cc54)cc3)n2)cc1. The van der Waals surface area contributed by atoms with Crippen molar-refractivity contribution in [1.29, 1.82) is 0 Å². The number of benzene rings is 16. The quantitative estimate of drug-likeness (QED) is 0.121. The van der Waals surface area contributed by atoms with Crippen LogP contribution in [0.15, 0.2) is 400 Å². The van der Waals surface area contributed by atoms with E-state index in [0.717, 1.165) is 78.2 Å². The summed E-state index contributed by atoms with van der Waals surface area (Å²) >= 11 is 0. The van der Waals surface area contributed by atoms with E-state index in [-0.39, 0.29) is 0 Å². The predicted molar refractivity (Wildman–Crippen MR) is 460 cm³/mol. The third-order valence-corrected chi connectivity index (χ3v) is 21.6. The van der Waals surface area contributed by atoms with Gasteiger partial charge >= 0.3 is 0 Å². The van der Waals surface area contributed by atoms with Crippen molar-refractivity contribution in [1.82, 2.24) is 48.2 Å². The van der Waals surface area contributed by atoms with E-state index < -0.39 is 0 Å². The van der Waals surface area contributed by atoms with E-state index in [4.69, 9.17) is 29.9 Å². The molecule has 6 heterocycles. The smallest absolute Gasteiger partial charge is 0.164 e. The van der Waals surface area contributed by atoms with Crippen LogP contribution in [-0.2, 0) is 0 Å². The minimum atomic E-state index is 0.637. The van der Waals surface area contributed by atoms with Gasteiger partial charge in [0.2, 0.25) is 0 Å². The number of nitrogens with zero attached hydrogens (tertiary/aromatic N) is 10. The summed E-state index contributed by atoms with van der Waals surface area (Å²) in [5.74, 6) is 3.88. The van der Waals surface area contributed by atoms with Crippen molar-refractivity contribution in [2.45, 2.75) is 0 Å². The molecule has 22 aromatic rings. The molecule has 0 N–H and O–H groups in total. The van der Waals surface area contributed by atoms with Crippen molar-refractivity contribution in [3.8, 4) is 113 Å².